The van der Waals surface area contributed by atoms with E-state index in [9.17, 15) is 9.18 Å². The van der Waals surface area contributed by atoms with Gasteiger partial charge in [0.15, 0.2) is 0 Å². The topological polar surface area (TPSA) is 50.2 Å². The highest BCUT2D eigenvalue weighted by molar-refractivity contribution is 6.31. The van der Waals surface area contributed by atoms with Gasteiger partial charge in [-0.3, -0.25) is 14.4 Å². The number of halogens is 2. The normalized spacial score (nSPS) is 12.4. The zero-order valence-corrected chi connectivity index (χ0v) is 15.8. The molecule has 1 N–H and O–H groups in total. The monoisotopic (exact) mass is 366 g/mol. The molecule has 0 aliphatic rings. The lowest BCUT2D eigenvalue weighted by atomic mass is 10.1. The Balaban J connectivity index is 1.91. The fraction of sp³-hybridized carbons (Fsp3) is 0.444. The number of likely N-dealkylation sites (N-methyl/N-ethyl adjacent to an activating group) is 1. The van der Waals surface area contributed by atoms with Crippen molar-refractivity contribution in [3.05, 3.63) is 52.1 Å². The Morgan fingerprint density at radius 3 is 2.48 bits per heavy atom. The van der Waals surface area contributed by atoms with Crippen molar-refractivity contribution in [3.63, 3.8) is 0 Å². The molecule has 1 aromatic heterocycles. The second kappa shape index (κ2) is 8.45. The van der Waals surface area contributed by atoms with Gasteiger partial charge >= 0.3 is 0 Å². The zero-order chi connectivity index (χ0) is 18.6. The maximum Gasteiger partial charge on any atom is 0.241 e. The molecule has 0 radical (unpaired) electrons. The summed E-state index contributed by atoms with van der Waals surface area (Å²) in [6.07, 6.45) is 0.744. The molecule has 25 heavy (non-hydrogen) atoms. The zero-order valence-electron chi connectivity index (χ0n) is 15.0. The van der Waals surface area contributed by atoms with E-state index in [1.807, 2.05) is 37.5 Å². The summed E-state index contributed by atoms with van der Waals surface area (Å²) in [5.41, 5.74) is 2.50. The van der Waals surface area contributed by atoms with Crippen LogP contribution in [-0.4, -0.2) is 41.2 Å². The van der Waals surface area contributed by atoms with Crippen LogP contribution in [-0.2, 0) is 11.3 Å². The Labute approximate surface area is 152 Å². The number of hydrogen-bond donors (Lipinski definition) is 1. The van der Waals surface area contributed by atoms with Crippen LogP contribution in [0, 0.1) is 19.7 Å². The van der Waals surface area contributed by atoms with Crippen LogP contribution in [0.3, 0.4) is 0 Å². The van der Waals surface area contributed by atoms with Crippen LogP contribution in [0.15, 0.2) is 24.3 Å². The molecule has 0 aliphatic heterocycles. The number of nitrogens with one attached hydrogen (secondary N) is 1. The van der Waals surface area contributed by atoms with E-state index < -0.39 is 6.04 Å². The molecule has 1 aromatic carbocycles. The summed E-state index contributed by atoms with van der Waals surface area (Å²) in [4.78, 5) is 14.3. The lowest BCUT2D eigenvalue weighted by Crippen LogP contribution is -2.37. The van der Waals surface area contributed by atoms with E-state index in [-0.39, 0.29) is 11.7 Å². The Kier molecular flexibility index (Phi) is 6.56. The largest absolute Gasteiger partial charge is 0.354 e. The maximum atomic E-state index is 13.1. The number of aromatic nitrogens is 2. The summed E-state index contributed by atoms with van der Waals surface area (Å²) in [6.45, 7) is 5.01. The molecular weight excluding hydrogens is 343 g/mol. The highest BCUT2D eigenvalue weighted by Crippen LogP contribution is 2.20. The summed E-state index contributed by atoms with van der Waals surface area (Å²) in [7, 11) is 3.65. The fourth-order valence-corrected chi connectivity index (χ4v) is 2.89. The number of nitrogens with zero attached hydrogens (tertiary/aromatic N) is 3. The summed E-state index contributed by atoms with van der Waals surface area (Å²) in [6, 6.07) is 5.55. The van der Waals surface area contributed by atoms with Crippen LogP contribution < -0.4 is 5.32 Å². The highest BCUT2D eigenvalue weighted by Gasteiger charge is 2.22. The quantitative estimate of drug-likeness (QED) is 0.766. The van der Waals surface area contributed by atoms with E-state index in [0.717, 1.165) is 23.4 Å². The van der Waals surface area contributed by atoms with Gasteiger partial charge in [-0.1, -0.05) is 23.7 Å². The van der Waals surface area contributed by atoms with Crippen molar-refractivity contribution in [2.45, 2.75) is 32.9 Å². The lowest BCUT2D eigenvalue weighted by Gasteiger charge is -2.24. The minimum atomic E-state index is -0.455. The summed E-state index contributed by atoms with van der Waals surface area (Å²) < 4.78 is 14.9. The van der Waals surface area contributed by atoms with Crippen molar-refractivity contribution < 1.29 is 9.18 Å². The Morgan fingerprint density at radius 1 is 1.32 bits per heavy atom. The van der Waals surface area contributed by atoms with Crippen molar-refractivity contribution >= 4 is 17.5 Å². The van der Waals surface area contributed by atoms with Crippen LogP contribution >= 0.6 is 11.6 Å². The van der Waals surface area contributed by atoms with Crippen LogP contribution in [0.2, 0.25) is 5.02 Å². The van der Waals surface area contributed by atoms with Gasteiger partial charge < -0.3 is 5.32 Å². The second-order valence-corrected chi connectivity index (χ2v) is 6.65. The molecule has 1 atom stereocenters. The number of carbonyl (C=O) groups is 1. The minimum Gasteiger partial charge on any atom is -0.354 e. The van der Waals surface area contributed by atoms with Crippen molar-refractivity contribution in [1.29, 1.82) is 0 Å². The van der Waals surface area contributed by atoms with Crippen LogP contribution in [0.5, 0.6) is 0 Å². The van der Waals surface area contributed by atoms with Crippen molar-refractivity contribution in [3.8, 4) is 0 Å². The lowest BCUT2D eigenvalue weighted by molar-refractivity contribution is -0.125. The van der Waals surface area contributed by atoms with E-state index >= 15 is 0 Å². The standard InChI is InChI=1S/C18H24ClFN4O/c1-12-16(19)13(2)24(22-12)11-5-10-21-18(25)17(23(3)4)14-6-8-15(20)9-7-14/h6-9,17H,5,10-11H2,1-4H3,(H,21,25). The Morgan fingerprint density at radius 2 is 1.96 bits per heavy atom. The van der Waals surface area contributed by atoms with Crippen LogP contribution in [0.25, 0.3) is 0 Å². The SMILES string of the molecule is Cc1nn(CCCNC(=O)C(c2ccc(F)cc2)N(C)C)c(C)c1Cl. The average Bonchev–Trinajstić information content (AvgIpc) is 2.80. The first-order valence-corrected chi connectivity index (χ1v) is 8.58. The van der Waals surface area contributed by atoms with E-state index in [4.69, 9.17) is 11.6 Å². The molecule has 1 unspecified atom stereocenters. The molecular formula is C18H24ClFN4O. The Hall–Kier alpha value is -1.92. The maximum absolute atomic E-state index is 13.1. The third-order valence-electron chi connectivity index (χ3n) is 4.09. The van der Waals surface area contributed by atoms with Gasteiger partial charge in [-0.15, -0.1) is 0 Å². The number of carbonyl (C=O) groups excluding carboxylic acids is 1. The molecule has 1 amide bonds. The molecule has 2 aromatic rings. The van der Waals surface area contributed by atoms with Gasteiger partial charge in [0, 0.05) is 13.1 Å². The third kappa shape index (κ3) is 4.80. The Bertz CT molecular complexity index is 727. The molecule has 1 heterocycles. The van der Waals surface area contributed by atoms with Crippen LogP contribution in [0.1, 0.15) is 29.4 Å². The second-order valence-electron chi connectivity index (χ2n) is 6.27. The molecule has 136 valence electrons. The minimum absolute atomic E-state index is 0.108. The number of amides is 1. The molecule has 0 fully saturated rings. The van der Waals surface area contributed by atoms with Gasteiger partial charge in [-0.2, -0.15) is 5.10 Å². The first kappa shape index (κ1) is 19.4. The number of aryl methyl sites for hydroxylation is 2. The van der Waals surface area contributed by atoms with Crippen molar-refractivity contribution in [1.82, 2.24) is 20.0 Å². The number of hydrogen-bond acceptors (Lipinski definition) is 3. The molecule has 0 saturated heterocycles. The van der Waals surface area contributed by atoms with Crippen molar-refractivity contribution in [2.24, 2.45) is 0 Å². The van der Waals surface area contributed by atoms with E-state index in [2.05, 4.69) is 10.4 Å². The molecule has 0 bridgehead atoms. The van der Waals surface area contributed by atoms with E-state index in [0.29, 0.717) is 18.1 Å². The molecule has 0 aliphatic carbocycles. The fourth-order valence-electron chi connectivity index (χ4n) is 2.76. The number of rotatable bonds is 7. The van der Waals surface area contributed by atoms with Gasteiger partial charge in [0.05, 0.1) is 16.4 Å². The molecule has 5 nitrogen and oxygen atoms in total. The van der Waals surface area contributed by atoms with E-state index in [1.54, 1.807) is 12.1 Å². The summed E-state index contributed by atoms with van der Waals surface area (Å²) in [5, 5.41) is 8.00. The first-order valence-electron chi connectivity index (χ1n) is 8.20. The summed E-state index contributed by atoms with van der Waals surface area (Å²) >= 11 is 6.13. The molecule has 2 rings (SSSR count). The van der Waals surface area contributed by atoms with Gasteiger partial charge in [0.25, 0.3) is 0 Å². The first-order chi connectivity index (χ1) is 11.8. The van der Waals surface area contributed by atoms with Gasteiger partial charge in [0.1, 0.15) is 11.9 Å². The van der Waals surface area contributed by atoms with E-state index in [1.165, 1.54) is 12.1 Å². The van der Waals surface area contributed by atoms with Gasteiger partial charge in [0.2, 0.25) is 5.91 Å². The number of benzene rings is 1. The predicted molar refractivity (Wildman–Crippen MR) is 97.2 cm³/mol. The summed E-state index contributed by atoms with van der Waals surface area (Å²) in [5.74, 6) is -0.423. The third-order valence-corrected chi connectivity index (χ3v) is 4.64. The predicted octanol–water partition coefficient (Wildman–Crippen LogP) is 3.10. The average molecular weight is 367 g/mol. The molecule has 7 heteroatoms. The molecule has 0 saturated carbocycles. The van der Waals surface area contributed by atoms with Crippen molar-refractivity contribution in [2.75, 3.05) is 20.6 Å². The van der Waals surface area contributed by atoms with Crippen LogP contribution in [0.4, 0.5) is 4.39 Å². The van der Waals surface area contributed by atoms with Gasteiger partial charge in [-0.25, -0.2) is 4.39 Å². The smallest absolute Gasteiger partial charge is 0.241 e. The highest BCUT2D eigenvalue weighted by atomic mass is 35.5. The van der Waals surface area contributed by atoms with Gasteiger partial charge in [-0.05, 0) is 52.1 Å². The molecule has 0 spiro atoms.